The highest BCUT2D eigenvalue weighted by molar-refractivity contribution is 9.10. The molecule has 0 aliphatic carbocycles. The number of carboxylic acids is 1. The minimum Gasteiger partial charge on any atom is -0.478 e. The molecule has 2 N–H and O–H groups in total. The predicted octanol–water partition coefficient (Wildman–Crippen LogP) is 4.72. The van der Waals surface area contributed by atoms with E-state index in [9.17, 15) is 4.79 Å². The van der Waals surface area contributed by atoms with Gasteiger partial charge in [0.25, 0.3) is 0 Å². The van der Waals surface area contributed by atoms with Crippen LogP contribution in [-0.2, 0) is 4.79 Å². The smallest absolute Gasteiger partial charge is 0.328 e. The van der Waals surface area contributed by atoms with E-state index in [-0.39, 0.29) is 6.04 Å². The molecule has 0 heterocycles. The normalized spacial score (nSPS) is 12.3. The largest absolute Gasteiger partial charge is 0.478 e. The Morgan fingerprint density at radius 2 is 1.95 bits per heavy atom. The lowest BCUT2D eigenvalue weighted by Crippen LogP contribution is -2.06. The van der Waals surface area contributed by atoms with Gasteiger partial charge in [0, 0.05) is 22.3 Å². The zero-order valence-corrected chi connectivity index (χ0v) is 13.2. The van der Waals surface area contributed by atoms with Gasteiger partial charge in [-0.3, -0.25) is 0 Å². The number of halogens is 1. The number of benzene rings is 2. The van der Waals surface area contributed by atoms with Crippen molar-refractivity contribution in [3.63, 3.8) is 0 Å². The van der Waals surface area contributed by atoms with Crippen molar-refractivity contribution in [2.75, 3.05) is 5.32 Å². The average Bonchev–Trinajstić information content (AvgIpc) is 2.46. The van der Waals surface area contributed by atoms with Gasteiger partial charge in [0.1, 0.15) is 0 Å². The molecule has 3 nitrogen and oxygen atoms in total. The first-order valence-corrected chi connectivity index (χ1v) is 7.37. The van der Waals surface area contributed by atoms with Gasteiger partial charge in [-0.15, -0.1) is 0 Å². The fraction of sp³-hybridized carbons (Fsp3) is 0.118. The van der Waals surface area contributed by atoms with Crippen molar-refractivity contribution in [1.82, 2.24) is 0 Å². The van der Waals surface area contributed by atoms with Crippen molar-refractivity contribution >= 4 is 33.7 Å². The third-order valence-electron chi connectivity index (χ3n) is 3.06. The van der Waals surface area contributed by atoms with Crippen molar-refractivity contribution in [1.29, 1.82) is 0 Å². The number of carbonyl (C=O) groups is 1. The van der Waals surface area contributed by atoms with Crippen LogP contribution in [0.2, 0.25) is 0 Å². The molecule has 1 unspecified atom stereocenters. The lowest BCUT2D eigenvalue weighted by atomic mass is 10.1. The van der Waals surface area contributed by atoms with Crippen molar-refractivity contribution < 1.29 is 9.90 Å². The fourth-order valence-electron chi connectivity index (χ4n) is 1.98. The Bertz CT molecular complexity index is 650. The second-order valence-electron chi connectivity index (χ2n) is 4.71. The molecule has 0 saturated carbocycles. The highest BCUT2D eigenvalue weighted by Gasteiger charge is 2.05. The second kappa shape index (κ2) is 7.09. The number of carboxylic acid groups (broad SMARTS) is 1. The molecule has 0 aliphatic rings. The number of rotatable bonds is 5. The zero-order valence-electron chi connectivity index (χ0n) is 11.6. The standard InChI is InChI=1S/C17H16BrNO2/c1-12(14-6-8-15(18)9-7-14)19-16-4-2-3-13(11-16)5-10-17(20)21/h2-12,19H,1H3,(H,20,21). The minimum atomic E-state index is -0.948. The molecule has 2 aromatic carbocycles. The maximum Gasteiger partial charge on any atom is 0.328 e. The van der Waals surface area contributed by atoms with Crippen LogP contribution in [0.25, 0.3) is 6.08 Å². The summed E-state index contributed by atoms with van der Waals surface area (Å²) >= 11 is 3.42. The third-order valence-corrected chi connectivity index (χ3v) is 3.59. The number of anilines is 1. The number of nitrogens with one attached hydrogen (secondary N) is 1. The molecule has 1 atom stereocenters. The molecule has 0 fully saturated rings. The molecule has 108 valence electrons. The molecule has 2 aromatic rings. The topological polar surface area (TPSA) is 49.3 Å². The van der Waals surface area contributed by atoms with Gasteiger partial charge in [-0.25, -0.2) is 4.79 Å². The van der Waals surface area contributed by atoms with Crippen LogP contribution in [0, 0.1) is 0 Å². The molecular weight excluding hydrogens is 330 g/mol. The Morgan fingerprint density at radius 1 is 1.24 bits per heavy atom. The molecule has 0 radical (unpaired) electrons. The van der Waals surface area contributed by atoms with E-state index in [1.54, 1.807) is 6.08 Å². The molecule has 4 heteroatoms. The molecule has 0 amide bonds. The van der Waals surface area contributed by atoms with E-state index < -0.39 is 5.97 Å². The van der Waals surface area contributed by atoms with Gasteiger partial charge in [0.2, 0.25) is 0 Å². The van der Waals surface area contributed by atoms with Crippen molar-refractivity contribution in [2.24, 2.45) is 0 Å². The Hall–Kier alpha value is -2.07. The van der Waals surface area contributed by atoms with E-state index in [2.05, 4.69) is 40.3 Å². The third kappa shape index (κ3) is 4.76. The Labute approximate surface area is 132 Å². The maximum absolute atomic E-state index is 10.5. The molecule has 2 rings (SSSR count). The van der Waals surface area contributed by atoms with Crippen molar-refractivity contribution in [3.05, 3.63) is 70.2 Å². The summed E-state index contributed by atoms with van der Waals surface area (Å²) in [5.41, 5.74) is 2.99. The summed E-state index contributed by atoms with van der Waals surface area (Å²) in [6.07, 6.45) is 2.72. The van der Waals surface area contributed by atoms with E-state index >= 15 is 0 Å². The van der Waals surface area contributed by atoms with Crippen LogP contribution in [0.15, 0.2) is 59.1 Å². The molecule has 0 aromatic heterocycles. The number of hydrogen-bond acceptors (Lipinski definition) is 2. The summed E-state index contributed by atoms with van der Waals surface area (Å²) in [4.78, 5) is 10.5. The van der Waals surface area contributed by atoms with Gasteiger partial charge < -0.3 is 10.4 Å². The predicted molar refractivity (Wildman–Crippen MR) is 89.3 cm³/mol. The quantitative estimate of drug-likeness (QED) is 0.770. The van der Waals surface area contributed by atoms with Gasteiger partial charge in [0.15, 0.2) is 0 Å². The van der Waals surface area contributed by atoms with Gasteiger partial charge in [-0.1, -0.05) is 40.2 Å². The Morgan fingerprint density at radius 3 is 2.62 bits per heavy atom. The van der Waals surface area contributed by atoms with Crippen LogP contribution in [-0.4, -0.2) is 11.1 Å². The molecule has 0 spiro atoms. The molecule has 0 bridgehead atoms. The SMILES string of the molecule is CC(Nc1cccc(C=CC(=O)O)c1)c1ccc(Br)cc1. The highest BCUT2D eigenvalue weighted by Crippen LogP contribution is 2.22. The van der Waals surface area contributed by atoms with E-state index in [1.165, 1.54) is 5.56 Å². The summed E-state index contributed by atoms with van der Waals surface area (Å²) in [6, 6.07) is 16.0. The maximum atomic E-state index is 10.5. The van der Waals surface area contributed by atoms with Crippen LogP contribution < -0.4 is 5.32 Å². The van der Waals surface area contributed by atoms with Crippen LogP contribution in [0.4, 0.5) is 5.69 Å². The molecule has 0 aliphatic heterocycles. The monoisotopic (exact) mass is 345 g/mol. The van der Waals surface area contributed by atoms with Gasteiger partial charge in [-0.05, 0) is 48.4 Å². The molecule has 21 heavy (non-hydrogen) atoms. The van der Waals surface area contributed by atoms with Gasteiger partial charge >= 0.3 is 5.97 Å². The summed E-state index contributed by atoms with van der Waals surface area (Å²) in [5.74, 6) is -0.948. The Balaban J connectivity index is 2.10. The van der Waals surface area contributed by atoms with Gasteiger partial charge in [-0.2, -0.15) is 0 Å². The van der Waals surface area contributed by atoms with Crippen LogP contribution in [0.1, 0.15) is 24.1 Å². The number of hydrogen-bond donors (Lipinski definition) is 2. The first kappa shape index (κ1) is 15.3. The van der Waals surface area contributed by atoms with Crippen molar-refractivity contribution in [2.45, 2.75) is 13.0 Å². The second-order valence-corrected chi connectivity index (χ2v) is 5.63. The lowest BCUT2D eigenvalue weighted by molar-refractivity contribution is -0.131. The molecular formula is C17H16BrNO2. The van der Waals surface area contributed by atoms with Crippen LogP contribution >= 0.6 is 15.9 Å². The summed E-state index contributed by atoms with van der Waals surface area (Å²) in [5, 5.41) is 12.1. The van der Waals surface area contributed by atoms with E-state index in [0.717, 1.165) is 21.8 Å². The fourth-order valence-corrected chi connectivity index (χ4v) is 2.25. The van der Waals surface area contributed by atoms with Gasteiger partial charge in [0.05, 0.1) is 0 Å². The highest BCUT2D eigenvalue weighted by atomic mass is 79.9. The van der Waals surface area contributed by atoms with E-state index in [0.29, 0.717) is 0 Å². The summed E-state index contributed by atoms with van der Waals surface area (Å²) < 4.78 is 1.05. The average molecular weight is 346 g/mol. The summed E-state index contributed by atoms with van der Waals surface area (Å²) in [6.45, 7) is 2.09. The zero-order chi connectivity index (χ0) is 15.2. The van der Waals surface area contributed by atoms with E-state index in [1.807, 2.05) is 36.4 Å². The molecule has 0 saturated heterocycles. The van der Waals surface area contributed by atoms with Crippen LogP contribution in [0.5, 0.6) is 0 Å². The Kier molecular flexibility index (Phi) is 5.17. The van der Waals surface area contributed by atoms with E-state index in [4.69, 9.17) is 5.11 Å². The lowest BCUT2D eigenvalue weighted by Gasteiger charge is -2.16. The summed E-state index contributed by atoms with van der Waals surface area (Å²) in [7, 11) is 0. The van der Waals surface area contributed by atoms with Crippen LogP contribution in [0.3, 0.4) is 0 Å². The van der Waals surface area contributed by atoms with Crippen molar-refractivity contribution in [3.8, 4) is 0 Å². The first-order chi connectivity index (χ1) is 10.0. The minimum absolute atomic E-state index is 0.164. The first-order valence-electron chi connectivity index (χ1n) is 6.57. The number of aliphatic carboxylic acids is 1.